The average molecular weight is 280 g/mol. The van der Waals surface area contributed by atoms with E-state index in [1.807, 2.05) is 0 Å². The lowest BCUT2D eigenvalue weighted by molar-refractivity contribution is -0.0525. The number of carboxylic acids is 1. The van der Waals surface area contributed by atoms with Crippen LogP contribution in [0.25, 0.3) is 0 Å². The van der Waals surface area contributed by atoms with E-state index in [4.69, 9.17) is 14.3 Å². The Kier molecular flexibility index (Phi) is 4.86. The van der Waals surface area contributed by atoms with Crippen LogP contribution < -0.4 is 0 Å². The number of carboxylic acid groups (broad SMARTS) is 1. The van der Waals surface area contributed by atoms with Crippen LogP contribution in [0.5, 0.6) is 0 Å². The Labute approximate surface area is 120 Å². The molecular weight excluding hydrogens is 256 g/mol. The molecule has 1 heterocycles. The van der Waals surface area contributed by atoms with Gasteiger partial charge in [-0.1, -0.05) is 27.2 Å². The summed E-state index contributed by atoms with van der Waals surface area (Å²) < 4.78 is 11.2. The minimum Gasteiger partial charge on any atom is -0.478 e. The van der Waals surface area contributed by atoms with Gasteiger partial charge in [0.05, 0.1) is 12.4 Å². The van der Waals surface area contributed by atoms with Crippen molar-refractivity contribution in [3.63, 3.8) is 0 Å². The lowest BCUT2D eigenvalue weighted by Crippen LogP contribution is -2.34. The third-order valence-electron chi connectivity index (χ3n) is 4.37. The van der Waals surface area contributed by atoms with Crippen molar-refractivity contribution >= 4 is 5.97 Å². The quantitative estimate of drug-likeness (QED) is 0.887. The Morgan fingerprint density at radius 2 is 2.25 bits per heavy atom. The molecule has 3 unspecified atom stereocenters. The number of rotatable bonds is 5. The van der Waals surface area contributed by atoms with Crippen LogP contribution in [0.1, 0.15) is 56.2 Å². The zero-order valence-corrected chi connectivity index (χ0v) is 12.5. The first kappa shape index (κ1) is 15.1. The topological polar surface area (TPSA) is 59.7 Å². The SMILES string of the molecule is CC1CCC(C(C)C)C(OCc2occc2C(=O)O)C1. The Morgan fingerprint density at radius 3 is 2.90 bits per heavy atom. The zero-order chi connectivity index (χ0) is 14.7. The molecule has 0 amide bonds. The van der Waals surface area contributed by atoms with Gasteiger partial charge in [0, 0.05) is 0 Å². The van der Waals surface area contributed by atoms with E-state index in [0.717, 1.165) is 6.42 Å². The largest absolute Gasteiger partial charge is 0.478 e. The lowest BCUT2D eigenvalue weighted by atomic mass is 9.75. The molecule has 0 radical (unpaired) electrons. The maximum Gasteiger partial charge on any atom is 0.339 e. The summed E-state index contributed by atoms with van der Waals surface area (Å²) in [5, 5.41) is 9.06. The maximum absolute atomic E-state index is 11.0. The van der Waals surface area contributed by atoms with Gasteiger partial charge in [-0.15, -0.1) is 0 Å². The second-order valence-electron chi connectivity index (χ2n) is 6.24. The summed E-state index contributed by atoms with van der Waals surface area (Å²) >= 11 is 0. The first-order valence-electron chi connectivity index (χ1n) is 7.40. The van der Waals surface area contributed by atoms with Gasteiger partial charge in [-0.3, -0.25) is 0 Å². The standard InChI is InChI=1S/C16H24O4/c1-10(2)12-5-4-11(3)8-14(12)20-9-15-13(16(17)18)6-7-19-15/h6-7,10-12,14H,4-5,8-9H2,1-3H3,(H,17,18). The second kappa shape index (κ2) is 6.44. The van der Waals surface area contributed by atoms with Gasteiger partial charge in [-0.05, 0) is 36.7 Å². The molecule has 0 bridgehead atoms. The van der Waals surface area contributed by atoms with E-state index in [-0.39, 0.29) is 18.3 Å². The summed E-state index contributed by atoms with van der Waals surface area (Å²) in [6, 6.07) is 1.48. The average Bonchev–Trinajstić information content (AvgIpc) is 2.84. The molecule has 1 fully saturated rings. The number of carbonyl (C=O) groups is 1. The van der Waals surface area contributed by atoms with E-state index < -0.39 is 5.97 Å². The third-order valence-corrected chi connectivity index (χ3v) is 4.37. The molecular formula is C16H24O4. The molecule has 1 aromatic heterocycles. The fourth-order valence-electron chi connectivity index (χ4n) is 3.13. The van der Waals surface area contributed by atoms with Crippen LogP contribution in [0.2, 0.25) is 0 Å². The van der Waals surface area contributed by atoms with Crippen molar-refractivity contribution in [1.29, 1.82) is 0 Å². The van der Waals surface area contributed by atoms with E-state index in [2.05, 4.69) is 20.8 Å². The number of aromatic carboxylic acids is 1. The number of hydrogen-bond acceptors (Lipinski definition) is 3. The fraction of sp³-hybridized carbons (Fsp3) is 0.688. The molecule has 0 saturated heterocycles. The maximum atomic E-state index is 11.0. The highest BCUT2D eigenvalue weighted by atomic mass is 16.5. The Balaban J connectivity index is 2.00. The molecule has 0 spiro atoms. The van der Waals surface area contributed by atoms with Crippen molar-refractivity contribution in [3.05, 3.63) is 23.7 Å². The number of hydrogen-bond donors (Lipinski definition) is 1. The van der Waals surface area contributed by atoms with Gasteiger partial charge in [0.1, 0.15) is 17.9 Å². The van der Waals surface area contributed by atoms with Crippen molar-refractivity contribution in [3.8, 4) is 0 Å². The van der Waals surface area contributed by atoms with Crippen molar-refractivity contribution in [2.45, 2.75) is 52.7 Å². The van der Waals surface area contributed by atoms with E-state index in [1.54, 1.807) is 0 Å². The Morgan fingerprint density at radius 1 is 1.50 bits per heavy atom. The van der Waals surface area contributed by atoms with Gasteiger partial charge in [-0.2, -0.15) is 0 Å². The molecule has 0 aliphatic heterocycles. The van der Waals surface area contributed by atoms with Gasteiger partial charge in [-0.25, -0.2) is 4.79 Å². The van der Waals surface area contributed by atoms with Gasteiger partial charge >= 0.3 is 5.97 Å². The van der Waals surface area contributed by atoms with Crippen LogP contribution in [-0.4, -0.2) is 17.2 Å². The van der Waals surface area contributed by atoms with Gasteiger partial charge in [0.25, 0.3) is 0 Å². The highest BCUT2D eigenvalue weighted by Gasteiger charge is 2.31. The van der Waals surface area contributed by atoms with Gasteiger partial charge < -0.3 is 14.3 Å². The summed E-state index contributed by atoms with van der Waals surface area (Å²) in [6.45, 7) is 6.96. The molecule has 2 rings (SSSR count). The molecule has 1 aromatic rings. The number of furan rings is 1. The smallest absolute Gasteiger partial charge is 0.339 e. The Hall–Kier alpha value is -1.29. The summed E-state index contributed by atoms with van der Waals surface area (Å²) in [5.41, 5.74) is 0.204. The minimum absolute atomic E-state index is 0.200. The molecule has 4 heteroatoms. The van der Waals surface area contributed by atoms with E-state index in [0.29, 0.717) is 23.5 Å². The monoisotopic (exact) mass is 280 g/mol. The normalized spacial score (nSPS) is 26.9. The number of ether oxygens (including phenoxy) is 1. The van der Waals surface area contributed by atoms with Crippen molar-refractivity contribution < 1.29 is 19.1 Å². The lowest BCUT2D eigenvalue weighted by Gasteiger charge is -2.37. The predicted octanol–water partition coefficient (Wildman–Crippen LogP) is 3.96. The van der Waals surface area contributed by atoms with Crippen molar-refractivity contribution in [2.24, 2.45) is 17.8 Å². The second-order valence-corrected chi connectivity index (χ2v) is 6.24. The van der Waals surface area contributed by atoms with Crippen molar-refractivity contribution in [2.75, 3.05) is 0 Å². The third kappa shape index (κ3) is 3.42. The first-order valence-corrected chi connectivity index (χ1v) is 7.40. The Bertz CT molecular complexity index is 449. The van der Waals surface area contributed by atoms with Crippen LogP contribution >= 0.6 is 0 Å². The molecule has 3 atom stereocenters. The molecule has 1 N–H and O–H groups in total. The highest BCUT2D eigenvalue weighted by molar-refractivity contribution is 5.88. The van der Waals surface area contributed by atoms with Gasteiger partial charge in [0.2, 0.25) is 0 Å². The predicted molar refractivity (Wildman–Crippen MR) is 75.6 cm³/mol. The highest BCUT2D eigenvalue weighted by Crippen LogP contribution is 2.35. The van der Waals surface area contributed by atoms with Crippen LogP contribution in [0.15, 0.2) is 16.7 Å². The summed E-state index contributed by atoms with van der Waals surface area (Å²) in [5.74, 6) is 1.26. The van der Waals surface area contributed by atoms with Crippen LogP contribution in [0, 0.1) is 17.8 Å². The molecule has 0 aromatic carbocycles. The zero-order valence-electron chi connectivity index (χ0n) is 12.5. The summed E-state index contributed by atoms with van der Waals surface area (Å²) in [7, 11) is 0. The molecule has 20 heavy (non-hydrogen) atoms. The van der Waals surface area contributed by atoms with E-state index in [9.17, 15) is 4.79 Å². The van der Waals surface area contributed by atoms with E-state index >= 15 is 0 Å². The van der Waals surface area contributed by atoms with Crippen molar-refractivity contribution in [1.82, 2.24) is 0 Å². The first-order chi connectivity index (χ1) is 9.49. The van der Waals surface area contributed by atoms with Crippen LogP contribution in [-0.2, 0) is 11.3 Å². The molecule has 4 nitrogen and oxygen atoms in total. The molecule has 1 aliphatic carbocycles. The van der Waals surface area contributed by atoms with Gasteiger partial charge in [0.15, 0.2) is 0 Å². The molecule has 1 saturated carbocycles. The van der Waals surface area contributed by atoms with Crippen LogP contribution in [0.3, 0.4) is 0 Å². The summed E-state index contributed by atoms with van der Waals surface area (Å²) in [6.07, 6.45) is 5.10. The van der Waals surface area contributed by atoms with Crippen LogP contribution in [0.4, 0.5) is 0 Å². The summed E-state index contributed by atoms with van der Waals surface area (Å²) in [4.78, 5) is 11.0. The minimum atomic E-state index is -0.963. The van der Waals surface area contributed by atoms with E-state index in [1.165, 1.54) is 25.2 Å². The molecule has 1 aliphatic rings. The molecule has 112 valence electrons. The fourth-order valence-corrected chi connectivity index (χ4v) is 3.13.